The zero-order chi connectivity index (χ0) is 10.5. The lowest BCUT2D eigenvalue weighted by Crippen LogP contribution is -2.42. The number of hydrogen-bond donors (Lipinski definition) is 2. The molecule has 0 radical (unpaired) electrons. The third-order valence-electron chi connectivity index (χ3n) is 2.63. The first-order chi connectivity index (χ1) is 7.40. The van der Waals surface area contributed by atoms with Gasteiger partial charge in [0, 0.05) is 30.6 Å². The molecule has 15 heavy (non-hydrogen) atoms. The molecule has 1 saturated heterocycles. The van der Waals surface area contributed by atoms with Crippen LogP contribution in [-0.4, -0.2) is 25.4 Å². The van der Waals surface area contributed by atoms with E-state index in [0.717, 1.165) is 25.4 Å². The van der Waals surface area contributed by atoms with Crippen LogP contribution in [0.5, 0.6) is 0 Å². The van der Waals surface area contributed by atoms with Gasteiger partial charge in [0.15, 0.2) is 0 Å². The number of piperazine rings is 1. The first-order valence-electron chi connectivity index (χ1n) is 5.57. The molecule has 82 valence electrons. The first-order valence-corrected chi connectivity index (χ1v) is 6.55. The minimum atomic E-state index is 0.486. The van der Waals surface area contributed by atoms with Crippen LogP contribution in [-0.2, 0) is 0 Å². The summed E-state index contributed by atoms with van der Waals surface area (Å²) < 4.78 is 0. The van der Waals surface area contributed by atoms with Crippen LogP contribution in [0, 0.1) is 0 Å². The van der Waals surface area contributed by atoms with E-state index in [9.17, 15) is 0 Å². The van der Waals surface area contributed by atoms with Crippen molar-refractivity contribution in [2.75, 3.05) is 25.4 Å². The van der Waals surface area contributed by atoms with Crippen molar-refractivity contribution >= 4 is 11.8 Å². The van der Waals surface area contributed by atoms with E-state index in [4.69, 9.17) is 0 Å². The average Bonchev–Trinajstić information content (AvgIpc) is 2.32. The fraction of sp³-hybridized carbons (Fsp3) is 0.500. The Kier molecular flexibility index (Phi) is 4.06. The quantitative estimate of drug-likeness (QED) is 0.765. The zero-order valence-electron chi connectivity index (χ0n) is 9.12. The van der Waals surface area contributed by atoms with Gasteiger partial charge in [-0.25, -0.2) is 0 Å². The Morgan fingerprint density at radius 3 is 2.67 bits per heavy atom. The van der Waals surface area contributed by atoms with Crippen molar-refractivity contribution in [3.05, 3.63) is 29.8 Å². The van der Waals surface area contributed by atoms with E-state index < -0.39 is 0 Å². The highest BCUT2D eigenvalue weighted by atomic mass is 32.2. The van der Waals surface area contributed by atoms with E-state index in [1.807, 2.05) is 11.8 Å². The molecule has 2 rings (SSSR count). The highest BCUT2D eigenvalue weighted by Crippen LogP contribution is 2.21. The summed E-state index contributed by atoms with van der Waals surface area (Å²) >= 11 is 1.89. The minimum absolute atomic E-state index is 0.486. The Balaban J connectivity index is 2.02. The summed E-state index contributed by atoms with van der Waals surface area (Å²) in [6.07, 6.45) is 0. The maximum absolute atomic E-state index is 3.52. The zero-order valence-corrected chi connectivity index (χ0v) is 9.94. The van der Waals surface area contributed by atoms with Crippen LogP contribution in [0.1, 0.15) is 18.5 Å². The van der Waals surface area contributed by atoms with Crippen molar-refractivity contribution < 1.29 is 0 Å². The fourth-order valence-electron chi connectivity index (χ4n) is 1.85. The molecular formula is C12H18N2S. The van der Waals surface area contributed by atoms with Crippen molar-refractivity contribution in [1.82, 2.24) is 10.6 Å². The second kappa shape index (κ2) is 5.54. The Labute approximate surface area is 95.8 Å². The Hall–Kier alpha value is -0.510. The molecular weight excluding hydrogens is 204 g/mol. The lowest BCUT2D eigenvalue weighted by atomic mass is 10.1. The number of nitrogens with one attached hydrogen (secondary N) is 2. The van der Waals surface area contributed by atoms with Crippen LogP contribution < -0.4 is 10.6 Å². The molecule has 1 fully saturated rings. The van der Waals surface area contributed by atoms with Crippen LogP contribution in [0.25, 0.3) is 0 Å². The first kappa shape index (κ1) is 11.0. The molecule has 2 N–H and O–H groups in total. The average molecular weight is 222 g/mol. The van der Waals surface area contributed by atoms with Crippen molar-refractivity contribution in [2.45, 2.75) is 17.9 Å². The second-order valence-electron chi connectivity index (χ2n) is 3.71. The lowest BCUT2D eigenvalue weighted by molar-refractivity contribution is 0.430. The molecule has 0 spiro atoms. The highest BCUT2D eigenvalue weighted by Gasteiger charge is 2.13. The topological polar surface area (TPSA) is 24.1 Å². The molecule has 0 aliphatic carbocycles. The van der Waals surface area contributed by atoms with Crippen LogP contribution in [0.4, 0.5) is 0 Å². The van der Waals surface area contributed by atoms with Gasteiger partial charge < -0.3 is 10.6 Å². The number of rotatable bonds is 3. The van der Waals surface area contributed by atoms with Gasteiger partial charge in [-0.15, -0.1) is 11.8 Å². The molecule has 1 aliphatic heterocycles. The predicted molar refractivity (Wildman–Crippen MR) is 66.5 cm³/mol. The van der Waals surface area contributed by atoms with E-state index in [-0.39, 0.29) is 0 Å². The molecule has 2 nitrogen and oxygen atoms in total. The third-order valence-corrected chi connectivity index (χ3v) is 3.53. The molecule has 3 heteroatoms. The van der Waals surface area contributed by atoms with Gasteiger partial charge >= 0.3 is 0 Å². The number of thioether (sulfide) groups is 1. The number of hydrogen-bond acceptors (Lipinski definition) is 3. The van der Waals surface area contributed by atoms with E-state index >= 15 is 0 Å². The summed E-state index contributed by atoms with van der Waals surface area (Å²) in [5.74, 6) is 1.14. The second-order valence-corrected chi connectivity index (χ2v) is 5.05. The normalized spacial score (nSPS) is 21.5. The highest BCUT2D eigenvalue weighted by molar-refractivity contribution is 7.99. The molecule has 1 heterocycles. The van der Waals surface area contributed by atoms with Crippen LogP contribution >= 0.6 is 11.8 Å². The van der Waals surface area contributed by atoms with Crippen LogP contribution in [0.2, 0.25) is 0 Å². The molecule has 1 atom stereocenters. The Bertz CT molecular complexity index is 291. The molecule has 0 amide bonds. The molecule has 0 saturated carbocycles. The van der Waals surface area contributed by atoms with Gasteiger partial charge in [0.1, 0.15) is 0 Å². The molecule has 1 aromatic rings. The summed E-state index contributed by atoms with van der Waals surface area (Å²) in [6.45, 7) is 5.38. The van der Waals surface area contributed by atoms with Crippen molar-refractivity contribution in [1.29, 1.82) is 0 Å². The Morgan fingerprint density at radius 2 is 2.07 bits per heavy atom. The van der Waals surface area contributed by atoms with Gasteiger partial charge in [-0.05, 0) is 23.4 Å². The smallest absolute Gasteiger partial charge is 0.0447 e. The van der Waals surface area contributed by atoms with Gasteiger partial charge in [0.05, 0.1) is 0 Å². The minimum Gasteiger partial charge on any atom is -0.314 e. The lowest BCUT2D eigenvalue weighted by Gasteiger charge is -2.24. The largest absolute Gasteiger partial charge is 0.314 e. The van der Waals surface area contributed by atoms with Crippen LogP contribution in [0.3, 0.4) is 0 Å². The van der Waals surface area contributed by atoms with E-state index in [1.165, 1.54) is 10.5 Å². The standard InChI is InChI=1S/C12H18N2S/c1-2-15-11-5-3-10(4-6-11)12-9-13-7-8-14-12/h3-6,12-14H,2,7-9H2,1H3/t12-/m1/s1. The van der Waals surface area contributed by atoms with Gasteiger partial charge in [-0.1, -0.05) is 19.1 Å². The third kappa shape index (κ3) is 2.97. The summed E-state index contributed by atoms with van der Waals surface area (Å²) in [5, 5.41) is 6.92. The summed E-state index contributed by atoms with van der Waals surface area (Å²) in [7, 11) is 0. The number of benzene rings is 1. The monoisotopic (exact) mass is 222 g/mol. The van der Waals surface area contributed by atoms with Crippen molar-refractivity contribution in [3.63, 3.8) is 0 Å². The molecule has 1 aromatic carbocycles. The van der Waals surface area contributed by atoms with Crippen molar-refractivity contribution in [3.8, 4) is 0 Å². The maximum Gasteiger partial charge on any atom is 0.0447 e. The molecule has 1 aliphatic rings. The van der Waals surface area contributed by atoms with E-state index in [0.29, 0.717) is 6.04 Å². The summed E-state index contributed by atoms with van der Waals surface area (Å²) in [5.41, 5.74) is 1.39. The van der Waals surface area contributed by atoms with Crippen molar-refractivity contribution in [2.24, 2.45) is 0 Å². The van der Waals surface area contributed by atoms with Gasteiger partial charge in [-0.3, -0.25) is 0 Å². The molecule has 0 unspecified atom stereocenters. The Morgan fingerprint density at radius 1 is 1.27 bits per heavy atom. The summed E-state index contributed by atoms with van der Waals surface area (Å²) in [4.78, 5) is 1.37. The van der Waals surface area contributed by atoms with E-state index in [2.05, 4.69) is 41.8 Å². The van der Waals surface area contributed by atoms with Crippen LogP contribution in [0.15, 0.2) is 29.2 Å². The van der Waals surface area contributed by atoms with Gasteiger partial charge in [0.2, 0.25) is 0 Å². The fourth-order valence-corrected chi connectivity index (χ4v) is 2.51. The van der Waals surface area contributed by atoms with Gasteiger partial charge in [0.25, 0.3) is 0 Å². The predicted octanol–water partition coefficient (Wildman–Crippen LogP) is 2.03. The molecule has 0 aromatic heterocycles. The van der Waals surface area contributed by atoms with E-state index in [1.54, 1.807) is 0 Å². The van der Waals surface area contributed by atoms with Gasteiger partial charge in [-0.2, -0.15) is 0 Å². The maximum atomic E-state index is 3.52. The SMILES string of the molecule is CCSc1ccc([C@H]2CNCCN2)cc1. The molecule has 0 bridgehead atoms. The summed E-state index contributed by atoms with van der Waals surface area (Å²) in [6, 6.07) is 9.41.